The molecule has 28 heavy (non-hydrogen) atoms. The highest BCUT2D eigenvalue weighted by atomic mass is 32.2. The fourth-order valence-corrected chi connectivity index (χ4v) is 4.73. The molecular formula is C19H21N3O5S. The van der Waals surface area contributed by atoms with Gasteiger partial charge in [0.15, 0.2) is 0 Å². The maximum Gasteiger partial charge on any atom is 0.271 e. The van der Waals surface area contributed by atoms with Crippen LogP contribution in [0.25, 0.3) is 0 Å². The number of benzene rings is 2. The topological polar surface area (TPSA) is 101 Å². The number of nitro groups is 1. The van der Waals surface area contributed by atoms with Crippen molar-refractivity contribution in [3.8, 4) is 0 Å². The van der Waals surface area contributed by atoms with Gasteiger partial charge >= 0.3 is 0 Å². The quantitative estimate of drug-likeness (QED) is 0.564. The highest BCUT2D eigenvalue weighted by molar-refractivity contribution is 7.92. The summed E-state index contributed by atoms with van der Waals surface area (Å²) in [5.74, 6) is -0.374. The predicted octanol–water partition coefficient (Wildman–Crippen LogP) is 2.65. The third kappa shape index (κ3) is 3.57. The lowest BCUT2D eigenvalue weighted by atomic mass is 10.1. The number of sulfonamides is 1. The molecule has 0 bridgehead atoms. The van der Waals surface area contributed by atoms with E-state index in [1.807, 2.05) is 24.3 Å². The molecule has 1 atom stereocenters. The lowest BCUT2D eigenvalue weighted by Crippen LogP contribution is -2.49. The first-order valence-corrected chi connectivity index (χ1v) is 10.6. The molecule has 0 unspecified atom stereocenters. The monoisotopic (exact) mass is 403 g/mol. The summed E-state index contributed by atoms with van der Waals surface area (Å²) in [5.41, 5.74) is 2.21. The predicted molar refractivity (Wildman–Crippen MR) is 107 cm³/mol. The molecule has 0 N–H and O–H groups in total. The summed E-state index contributed by atoms with van der Waals surface area (Å²) in [6.07, 6.45) is 1.69. The Labute approximate surface area is 163 Å². The molecule has 2 aromatic carbocycles. The smallest absolute Gasteiger partial charge is 0.271 e. The van der Waals surface area contributed by atoms with Crippen molar-refractivity contribution in [2.75, 3.05) is 22.0 Å². The summed E-state index contributed by atoms with van der Waals surface area (Å²) >= 11 is 0. The molecule has 0 saturated carbocycles. The summed E-state index contributed by atoms with van der Waals surface area (Å²) in [6, 6.07) is 10.4. The second-order valence-electron chi connectivity index (χ2n) is 6.83. The number of carbonyl (C=O) groups is 1. The number of hydrogen-bond acceptors (Lipinski definition) is 5. The van der Waals surface area contributed by atoms with Crippen LogP contribution < -0.4 is 9.21 Å². The molecule has 1 aliphatic heterocycles. The van der Waals surface area contributed by atoms with Crippen LogP contribution in [0.1, 0.15) is 18.1 Å². The van der Waals surface area contributed by atoms with Crippen LogP contribution in [0.15, 0.2) is 42.5 Å². The Balaban J connectivity index is 2.03. The van der Waals surface area contributed by atoms with Crippen molar-refractivity contribution in [1.82, 2.24) is 0 Å². The lowest BCUT2D eigenvalue weighted by Gasteiger charge is -2.32. The third-order valence-electron chi connectivity index (χ3n) is 4.86. The van der Waals surface area contributed by atoms with Gasteiger partial charge in [0.05, 0.1) is 16.9 Å². The Morgan fingerprint density at radius 3 is 2.57 bits per heavy atom. The average Bonchev–Trinajstić information content (AvgIpc) is 3.05. The van der Waals surface area contributed by atoms with Crippen LogP contribution in [-0.2, 0) is 21.2 Å². The van der Waals surface area contributed by atoms with Crippen molar-refractivity contribution in [2.24, 2.45) is 0 Å². The van der Waals surface area contributed by atoms with Gasteiger partial charge in [-0.2, -0.15) is 0 Å². The van der Waals surface area contributed by atoms with Gasteiger partial charge < -0.3 is 4.90 Å². The zero-order valence-corrected chi connectivity index (χ0v) is 16.6. The first-order chi connectivity index (χ1) is 13.1. The molecule has 1 amide bonds. The van der Waals surface area contributed by atoms with Gasteiger partial charge in [-0.1, -0.05) is 24.3 Å². The second kappa shape index (κ2) is 7.23. The molecule has 1 heterocycles. The normalized spacial score (nSPS) is 14.5. The minimum atomic E-state index is -3.87. The zero-order valence-electron chi connectivity index (χ0n) is 15.8. The highest BCUT2D eigenvalue weighted by Crippen LogP contribution is 2.32. The first kappa shape index (κ1) is 19.8. The SMILES string of the molecule is Cc1ccc([N+](=O)[O-])cc1N([C@@H](C)C(=O)N1CCc2ccccc21)S(C)(=O)=O. The molecule has 2 aromatic rings. The van der Waals surface area contributed by atoms with Gasteiger partial charge in [-0.05, 0) is 37.5 Å². The van der Waals surface area contributed by atoms with Crippen LogP contribution in [0.4, 0.5) is 17.1 Å². The van der Waals surface area contributed by atoms with E-state index in [1.54, 1.807) is 11.8 Å². The summed E-state index contributed by atoms with van der Waals surface area (Å²) in [7, 11) is -3.87. The number of aryl methyl sites for hydroxylation is 1. The van der Waals surface area contributed by atoms with Gasteiger partial charge in [-0.25, -0.2) is 8.42 Å². The number of rotatable bonds is 5. The van der Waals surface area contributed by atoms with Gasteiger partial charge in [0.25, 0.3) is 11.6 Å². The van der Waals surface area contributed by atoms with Crippen LogP contribution in [0.2, 0.25) is 0 Å². The van der Waals surface area contributed by atoms with E-state index in [0.717, 1.165) is 21.8 Å². The largest absolute Gasteiger partial charge is 0.310 e. The van der Waals surface area contributed by atoms with E-state index < -0.39 is 21.0 Å². The van der Waals surface area contributed by atoms with Crippen molar-refractivity contribution in [3.63, 3.8) is 0 Å². The fourth-order valence-electron chi connectivity index (χ4n) is 3.52. The van der Waals surface area contributed by atoms with Crippen LogP contribution in [0.5, 0.6) is 0 Å². The number of para-hydroxylation sites is 1. The maximum atomic E-state index is 13.2. The Bertz CT molecular complexity index is 1050. The summed E-state index contributed by atoms with van der Waals surface area (Å²) in [5, 5.41) is 11.1. The zero-order chi connectivity index (χ0) is 20.6. The number of hydrogen-bond donors (Lipinski definition) is 0. The number of fused-ring (bicyclic) bond motifs is 1. The van der Waals surface area contributed by atoms with E-state index in [9.17, 15) is 23.3 Å². The maximum absolute atomic E-state index is 13.2. The molecule has 0 fully saturated rings. The Morgan fingerprint density at radius 1 is 1.25 bits per heavy atom. The third-order valence-corrected chi connectivity index (χ3v) is 6.09. The van der Waals surface area contributed by atoms with Crippen molar-refractivity contribution in [3.05, 3.63) is 63.7 Å². The summed E-state index contributed by atoms with van der Waals surface area (Å²) in [6.45, 7) is 3.62. The standard InChI is InChI=1S/C19H21N3O5S/c1-13-8-9-16(22(24)25)12-18(13)21(28(3,26)27)14(2)19(23)20-11-10-15-6-4-5-7-17(15)20/h4-9,12,14H,10-11H2,1-3H3/t14-/m0/s1. The van der Waals surface area contributed by atoms with Crippen molar-refractivity contribution in [1.29, 1.82) is 0 Å². The van der Waals surface area contributed by atoms with E-state index in [2.05, 4.69) is 0 Å². The minimum absolute atomic E-state index is 0.130. The molecule has 3 rings (SSSR count). The van der Waals surface area contributed by atoms with E-state index in [4.69, 9.17) is 0 Å². The number of nitrogens with zero attached hydrogens (tertiary/aromatic N) is 3. The molecule has 0 spiro atoms. The molecule has 8 nitrogen and oxygen atoms in total. The number of amides is 1. The highest BCUT2D eigenvalue weighted by Gasteiger charge is 2.36. The number of non-ortho nitro benzene ring substituents is 1. The van der Waals surface area contributed by atoms with Crippen LogP contribution in [0, 0.1) is 17.0 Å². The van der Waals surface area contributed by atoms with E-state index >= 15 is 0 Å². The fraction of sp³-hybridized carbons (Fsp3) is 0.316. The van der Waals surface area contributed by atoms with Crippen molar-refractivity contribution < 1.29 is 18.1 Å². The first-order valence-electron chi connectivity index (χ1n) is 8.75. The minimum Gasteiger partial charge on any atom is -0.310 e. The molecule has 9 heteroatoms. The van der Waals surface area contributed by atoms with Crippen LogP contribution in [-0.4, -0.2) is 38.1 Å². The molecule has 0 aliphatic carbocycles. The Kier molecular flexibility index (Phi) is 5.12. The Morgan fingerprint density at radius 2 is 1.93 bits per heavy atom. The van der Waals surface area contributed by atoms with Crippen molar-refractivity contribution >= 4 is 33.0 Å². The molecular weight excluding hydrogens is 382 g/mol. The lowest BCUT2D eigenvalue weighted by molar-refractivity contribution is -0.384. The van der Waals surface area contributed by atoms with Crippen molar-refractivity contribution in [2.45, 2.75) is 26.3 Å². The van der Waals surface area contributed by atoms with E-state index in [-0.39, 0.29) is 17.3 Å². The van der Waals surface area contributed by atoms with Gasteiger partial charge in [0.1, 0.15) is 6.04 Å². The Hall–Kier alpha value is -2.94. The second-order valence-corrected chi connectivity index (χ2v) is 8.69. The molecule has 0 aromatic heterocycles. The summed E-state index contributed by atoms with van der Waals surface area (Å²) < 4.78 is 26.1. The number of carbonyl (C=O) groups excluding carboxylic acids is 1. The molecule has 1 aliphatic rings. The van der Waals surface area contributed by atoms with Gasteiger partial charge in [-0.3, -0.25) is 19.2 Å². The van der Waals surface area contributed by atoms with Gasteiger partial charge in [0.2, 0.25) is 10.0 Å². The summed E-state index contributed by atoms with van der Waals surface area (Å²) in [4.78, 5) is 25.3. The number of nitro benzene ring substituents is 1. The van der Waals surface area contributed by atoms with E-state index in [1.165, 1.54) is 25.1 Å². The number of anilines is 2. The van der Waals surface area contributed by atoms with Gasteiger partial charge in [0, 0.05) is 24.4 Å². The average molecular weight is 403 g/mol. The molecule has 148 valence electrons. The van der Waals surface area contributed by atoms with Gasteiger partial charge in [-0.15, -0.1) is 0 Å². The molecule has 0 radical (unpaired) electrons. The van der Waals surface area contributed by atoms with Crippen LogP contribution in [0.3, 0.4) is 0 Å². The van der Waals surface area contributed by atoms with E-state index in [0.29, 0.717) is 18.5 Å². The molecule has 0 saturated heterocycles. The van der Waals surface area contributed by atoms with Crippen LogP contribution >= 0.6 is 0 Å².